The molecule has 0 aliphatic carbocycles. The molecule has 0 atom stereocenters. The van der Waals surface area contributed by atoms with Crippen LogP contribution in [0, 0.1) is 15.9 Å². The molecule has 0 aliphatic heterocycles. The van der Waals surface area contributed by atoms with Crippen molar-refractivity contribution in [3.05, 3.63) is 56.4 Å². The summed E-state index contributed by atoms with van der Waals surface area (Å²) in [4.78, 5) is 24.5. The number of aromatic carboxylic acids is 1. The van der Waals surface area contributed by atoms with Gasteiger partial charge in [-0.2, -0.15) is 0 Å². The van der Waals surface area contributed by atoms with Gasteiger partial charge in [-0.15, -0.1) is 0 Å². The van der Waals surface area contributed by atoms with Gasteiger partial charge in [-0.1, -0.05) is 0 Å². The number of carboxylic acids is 1. The number of hydrogen-bond donors (Lipinski definition) is 1. The number of nitro groups is 1. The normalized spacial score (nSPS) is 10.2. The molecular formula is C12H6BrFN2O5. The lowest BCUT2D eigenvalue weighted by atomic mass is 10.2. The third kappa shape index (κ3) is 3.31. The van der Waals surface area contributed by atoms with E-state index in [2.05, 4.69) is 20.9 Å². The highest BCUT2D eigenvalue weighted by Gasteiger charge is 2.21. The van der Waals surface area contributed by atoms with E-state index in [1.54, 1.807) is 0 Å². The van der Waals surface area contributed by atoms with Crippen LogP contribution in [-0.4, -0.2) is 21.0 Å². The molecule has 9 heteroatoms. The highest BCUT2D eigenvalue weighted by molar-refractivity contribution is 9.10. The summed E-state index contributed by atoms with van der Waals surface area (Å²) in [6.45, 7) is 0. The number of benzene rings is 1. The molecule has 0 aliphatic rings. The minimum Gasteiger partial charge on any atom is -0.478 e. The minimum atomic E-state index is -1.35. The lowest BCUT2D eigenvalue weighted by molar-refractivity contribution is -0.386. The first-order valence-corrected chi connectivity index (χ1v) is 6.18. The molecule has 0 saturated heterocycles. The van der Waals surface area contributed by atoms with Crippen molar-refractivity contribution < 1.29 is 24.0 Å². The first-order valence-electron chi connectivity index (χ1n) is 5.39. The van der Waals surface area contributed by atoms with Crippen molar-refractivity contribution in [1.29, 1.82) is 0 Å². The van der Waals surface area contributed by atoms with Crippen LogP contribution in [0.5, 0.6) is 11.6 Å². The Balaban J connectivity index is 2.44. The second kappa shape index (κ2) is 5.83. The number of halogens is 2. The molecule has 2 aromatic rings. The molecule has 2 rings (SSSR count). The molecule has 0 amide bonds. The predicted molar refractivity (Wildman–Crippen MR) is 72.0 cm³/mol. The zero-order valence-electron chi connectivity index (χ0n) is 10.1. The fourth-order valence-corrected chi connectivity index (χ4v) is 1.86. The molecule has 1 aromatic heterocycles. The Morgan fingerprint density at radius 3 is 2.71 bits per heavy atom. The van der Waals surface area contributed by atoms with E-state index in [1.165, 1.54) is 6.07 Å². The second-order valence-electron chi connectivity index (χ2n) is 3.79. The first kappa shape index (κ1) is 14.9. The third-order valence-corrected chi connectivity index (χ3v) is 3.00. The van der Waals surface area contributed by atoms with Gasteiger partial charge < -0.3 is 9.84 Å². The number of ether oxygens (including phenoxy) is 1. The lowest BCUT2D eigenvalue weighted by Crippen LogP contribution is -2.02. The summed E-state index contributed by atoms with van der Waals surface area (Å²) < 4.78 is 18.4. The highest BCUT2D eigenvalue weighted by atomic mass is 79.9. The van der Waals surface area contributed by atoms with Gasteiger partial charge in [0, 0.05) is 12.3 Å². The Morgan fingerprint density at radius 1 is 1.43 bits per heavy atom. The molecule has 0 unspecified atom stereocenters. The van der Waals surface area contributed by atoms with Gasteiger partial charge in [0.15, 0.2) is 0 Å². The van der Waals surface area contributed by atoms with Gasteiger partial charge in [0.05, 0.1) is 15.0 Å². The van der Waals surface area contributed by atoms with Gasteiger partial charge in [-0.05, 0) is 34.1 Å². The van der Waals surface area contributed by atoms with Gasteiger partial charge in [0.25, 0.3) is 5.88 Å². The van der Waals surface area contributed by atoms with Crippen LogP contribution in [0.2, 0.25) is 0 Å². The van der Waals surface area contributed by atoms with E-state index in [-0.39, 0.29) is 15.8 Å². The molecule has 1 heterocycles. The number of rotatable bonds is 4. The van der Waals surface area contributed by atoms with Crippen molar-refractivity contribution in [3.63, 3.8) is 0 Å². The summed E-state index contributed by atoms with van der Waals surface area (Å²) in [5.74, 6) is -2.15. The maximum atomic E-state index is 13.0. The summed E-state index contributed by atoms with van der Waals surface area (Å²) >= 11 is 3.05. The van der Waals surface area contributed by atoms with Crippen LogP contribution in [0.25, 0.3) is 0 Å². The summed E-state index contributed by atoms with van der Waals surface area (Å²) in [6, 6.07) is 4.32. The quantitative estimate of drug-likeness (QED) is 0.665. The topological polar surface area (TPSA) is 103 Å². The smallest absolute Gasteiger partial charge is 0.337 e. The SMILES string of the molecule is O=C(O)c1cnc(Oc2ccc(F)cc2Br)c([N+](=O)[O-])c1. The summed E-state index contributed by atoms with van der Waals surface area (Å²) in [5.41, 5.74) is -0.946. The number of hydrogen-bond acceptors (Lipinski definition) is 5. The van der Waals surface area contributed by atoms with Gasteiger partial charge in [-0.3, -0.25) is 10.1 Å². The summed E-state index contributed by atoms with van der Waals surface area (Å²) in [5, 5.41) is 19.7. The highest BCUT2D eigenvalue weighted by Crippen LogP contribution is 2.34. The van der Waals surface area contributed by atoms with Crippen molar-refractivity contribution in [2.45, 2.75) is 0 Å². The van der Waals surface area contributed by atoms with Crippen LogP contribution in [0.1, 0.15) is 10.4 Å². The maximum Gasteiger partial charge on any atom is 0.337 e. The Labute approximate surface area is 125 Å². The summed E-state index contributed by atoms with van der Waals surface area (Å²) in [6.07, 6.45) is 0.933. The standard InChI is InChI=1S/C12H6BrFN2O5/c13-8-4-7(14)1-2-10(8)21-11-9(16(19)20)3-6(5-15-11)12(17)18/h1-5H,(H,17,18). The molecule has 1 aromatic carbocycles. The van der Waals surface area contributed by atoms with Crippen LogP contribution in [0.4, 0.5) is 10.1 Å². The molecule has 0 radical (unpaired) electrons. The van der Waals surface area contributed by atoms with E-state index in [9.17, 15) is 19.3 Å². The fourth-order valence-electron chi connectivity index (χ4n) is 1.43. The van der Waals surface area contributed by atoms with Gasteiger partial charge >= 0.3 is 11.7 Å². The zero-order chi connectivity index (χ0) is 15.6. The molecular weight excluding hydrogens is 351 g/mol. The fraction of sp³-hybridized carbons (Fsp3) is 0. The molecule has 0 saturated carbocycles. The molecule has 1 N–H and O–H groups in total. The predicted octanol–water partition coefficient (Wildman–Crippen LogP) is 3.38. The monoisotopic (exact) mass is 356 g/mol. The van der Waals surface area contributed by atoms with E-state index in [4.69, 9.17) is 9.84 Å². The zero-order valence-corrected chi connectivity index (χ0v) is 11.7. The van der Waals surface area contributed by atoms with E-state index in [0.29, 0.717) is 0 Å². The number of aromatic nitrogens is 1. The number of carboxylic acid groups (broad SMARTS) is 1. The first-order chi connectivity index (χ1) is 9.88. The molecule has 0 bridgehead atoms. The Kier molecular flexibility index (Phi) is 4.13. The van der Waals surface area contributed by atoms with Crippen molar-refractivity contribution in [2.75, 3.05) is 0 Å². The van der Waals surface area contributed by atoms with Crippen LogP contribution >= 0.6 is 15.9 Å². The average molecular weight is 357 g/mol. The Bertz CT molecular complexity index is 738. The minimum absolute atomic E-state index is 0.107. The van der Waals surface area contributed by atoms with Crippen LogP contribution in [-0.2, 0) is 0 Å². The van der Waals surface area contributed by atoms with E-state index >= 15 is 0 Å². The second-order valence-corrected chi connectivity index (χ2v) is 4.64. The molecule has 0 spiro atoms. The van der Waals surface area contributed by atoms with Crippen LogP contribution in [0.3, 0.4) is 0 Å². The molecule has 0 fully saturated rings. The van der Waals surface area contributed by atoms with Crippen molar-refractivity contribution in [3.8, 4) is 11.6 Å². The third-order valence-electron chi connectivity index (χ3n) is 2.38. The van der Waals surface area contributed by atoms with E-state index < -0.39 is 28.3 Å². The largest absolute Gasteiger partial charge is 0.478 e. The van der Waals surface area contributed by atoms with Gasteiger partial charge in [0.1, 0.15) is 11.6 Å². The number of carbonyl (C=O) groups is 1. The number of nitrogens with zero attached hydrogens (tertiary/aromatic N) is 2. The maximum absolute atomic E-state index is 13.0. The van der Waals surface area contributed by atoms with E-state index in [1.807, 2.05) is 0 Å². The van der Waals surface area contributed by atoms with Crippen molar-refractivity contribution >= 4 is 27.6 Å². The Hall–Kier alpha value is -2.55. The molecule has 108 valence electrons. The van der Waals surface area contributed by atoms with Crippen LogP contribution in [0.15, 0.2) is 34.9 Å². The van der Waals surface area contributed by atoms with Crippen molar-refractivity contribution in [1.82, 2.24) is 4.98 Å². The van der Waals surface area contributed by atoms with Gasteiger partial charge in [-0.25, -0.2) is 14.2 Å². The number of pyridine rings is 1. The van der Waals surface area contributed by atoms with Gasteiger partial charge in [0.2, 0.25) is 0 Å². The molecule has 21 heavy (non-hydrogen) atoms. The average Bonchev–Trinajstić information content (AvgIpc) is 2.41. The lowest BCUT2D eigenvalue weighted by Gasteiger charge is -2.07. The van der Waals surface area contributed by atoms with Crippen LogP contribution < -0.4 is 4.74 Å². The van der Waals surface area contributed by atoms with E-state index in [0.717, 1.165) is 24.4 Å². The molecule has 7 nitrogen and oxygen atoms in total. The van der Waals surface area contributed by atoms with Crippen molar-refractivity contribution in [2.24, 2.45) is 0 Å². The Morgan fingerprint density at radius 2 is 2.14 bits per heavy atom. The summed E-state index contributed by atoms with van der Waals surface area (Å²) in [7, 11) is 0.